The Labute approximate surface area is 52.4 Å². The fourth-order valence-electron chi connectivity index (χ4n) is 0.624. The minimum atomic E-state index is -0.372. The quantitative estimate of drug-likeness (QED) is 0.312. The molecule has 0 bridgehead atoms. The van der Waals surface area contributed by atoms with Crippen LogP contribution in [-0.2, 0) is 0 Å². The largest absolute Gasteiger partial charge is 0.291 e. The molecule has 0 fully saturated rings. The summed E-state index contributed by atoms with van der Waals surface area (Å²) in [5, 5.41) is 6.26. The molecule has 0 saturated carbocycles. The zero-order valence-electron chi connectivity index (χ0n) is 4.86. The van der Waals surface area contributed by atoms with Crippen LogP contribution in [0.25, 0.3) is 10.4 Å². The van der Waals surface area contributed by atoms with E-state index in [1.165, 1.54) is 0 Å². The van der Waals surface area contributed by atoms with Gasteiger partial charge in [0, 0.05) is 17.7 Å². The summed E-state index contributed by atoms with van der Waals surface area (Å²) in [5.74, 6) is 0. The minimum absolute atomic E-state index is 0.372. The Morgan fingerprint density at radius 2 is 2.78 bits per heavy atom. The van der Waals surface area contributed by atoms with Gasteiger partial charge in [0.25, 0.3) is 0 Å². The molecule has 0 spiro atoms. The van der Waals surface area contributed by atoms with Crippen LogP contribution < -0.4 is 5.32 Å². The van der Waals surface area contributed by atoms with Crippen LogP contribution in [0, 0.1) is 0 Å². The standard InChI is InChI=1S/C4H7N5/c5-9-8-4-6-2-1-3-7-4/h2,4,7H,1,3H2. The third-order valence-electron chi connectivity index (χ3n) is 1.01. The first kappa shape index (κ1) is 6.07. The molecule has 1 aliphatic rings. The molecule has 0 saturated heterocycles. The van der Waals surface area contributed by atoms with Crippen LogP contribution in [-0.4, -0.2) is 19.0 Å². The molecule has 1 rings (SSSR count). The predicted molar refractivity (Wildman–Crippen MR) is 34.0 cm³/mol. The molecule has 1 heterocycles. The molecule has 9 heavy (non-hydrogen) atoms. The average molecular weight is 125 g/mol. The van der Waals surface area contributed by atoms with Crippen molar-refractivity contribution in [1.82, 2.24) is 5.32 Å². The van der Waals surface area contributed by atoms with Crippen LogP contribution in [0.5, 0.6) is 0 Å². The number of nitrogens with zero attached hydrogens (tertiary/aromatic N) is 4. The molecule has 1 atom stereocenters. The number of hydrogen-bond acceptors (Lipinski definition) is 3. The molecule has 5 nitrogen and oxygen atoms in total. The van der Waals surface area contributed by atoms with Gasteiger partial charge in [0.1, 0.15) is 0 Å². The van der Waals surface area contributed by atoms with Crippen molar-refractivity contribution in [3.05, 3.63) is 10.4 Å². The van der Waals surface area contributed by atoms with Crippen molar-refractivity contribution >= 4 is 6.21 Å². The summed E-state index contributed by atoms with van der Waals surface area (Å²) in [5.41, 5.74) is 7.96. The molecule has 0 amide bonds. The van der Waals surface area contributed by atoms with Gasteiger partial charge in [0.05, 0.1) is 0 Å². The first-order valence-electron chi connectivity index (χ1n) is 2.73. The Kier molecular flexibility index (Phi) is 2.06. The molecule has 0 aromatic heterocycles. The fourth-order valence-corrected chi connectivity index (χ4v) is 0.624. The lowest BCUT2D eigenvalue weighted by Crippen LogP contribution is -2.29. The number of nitrogens with one attached hydrogen (secondary N) is 1. The van der Waals surface area contributed by atoms with Gasteiger partial charge in [0.2, 0.25) is 0 Å². The first-order chi connectivity index (χ1) is 4.43. The summed E-state index contributed by atoms with van der Waals surface area (Å²) in [7, 11) is 0. The summed E-state index contributed by atoms with van der Waals surface area (Å²) in [4.78, 5) is 6.47. The second-order valence-corrected chi connectivity index (χ2v) is 1.65. The SMILES string of the molecule is [N-]=[N+]=NC1N=CCCN1. The molecule has 0 radical (unpaired) electrons. The zero-order chi connectivity index (χ0) is 6.53. The van der Waals surface area contributed by atoms with Crippen LogP contribution >= 0.6 is 0 Å². The molecule has 1 aliphatic heterocycles. The number of aliphatic imine (C=N–C) groups is 1. The Morgan fingerprint density at radius 1 is 1.89 bits per heavy atom. The second kappa shape index (κ2) is 3.06. The van der Waals surface area contributed by atoms with Gasteiger partial charge < -0.3 is 0 Å². The lowest BCUT2D eigenvalue weighted by molar-refractivity contribution is 0.538. The van der Waals surface area contributed by atoms with E-state index in [1.807, 2.05) is 0 Å². The molecule has 48 valence electrons. The zero-order valence-corrected chi connectivity index (χ0v) is 4.86. The molecular weight excluding hydrogens is 118 g/mol. The molecule has 1 N–H and O–H groups in total. The van der Waals surface area contributed by atoms with Gasteiger partial charge in [-0.2, -0.15) is 0 Å². The summed E-state index contributed by atoms with van der Waals surface area (Å²) >= 11 is 0. The van der Waals surface area contributed by atoms with Crippen molar-refractivity contribution in [3.63, 3.8) is 0 Å². The number of hydrogen-bond donors (Lipinski definition) is 1. The van der Waals surface area contributed by atoms with Crippen LogP contribution in [0.3, 0.4) is 0 Å². The molecule has 5 heteroatoms. The van der Waals surface area contributed by atoms with Gasteiger partial charge in [0.15, 0.2) is 6.29 Å². The van der Waals surface area contributed by atoms with Crippen LogP contribution in [0.2, 0.25) is 0 Å². The molecular formula is C4H7N5. The lowest BCUT2D eigenvalue weighted by atomic mass is 10.4. The van der Waals surface area contributed by atoms with E-state index in [1.54, 1.807) is 6.21 Å². The van der Waals surface area contributed by atoms with Crippen molar-refractivity contribution in [2.75, 3.05) is 6.54 Å². The van der Waals surface area contributed by atoms with E-state index in [4.69, 9.17) is 5.53 Å². The van der Waals surface area contributed by atoms with Gasteiger partial charge >= 0.3 is 0 Å². The smallest absolute Gasteiger partial charge is 0.179 e. The van der Waals surface area contributed by atoms with Crippen molar-refractivity contribution in [1.29, 1.82) is 0 Å². The van der Waals surface area contributed by atoms with E-state index in [9.17, 15) is 0 Å². The Balaban J connectivity index is 2.49. The van der Waals surface area contributed by atoms with Crippen molar-refractivity contribution < 1.29 is 0 Å². The first-order valence-corrected chi connectivity index (χ1v) is 2.73. The summed E-state index contributed by atoms with van der Waals surface area (Å²) in [6.45, 7) is 0.840. The van der Waals surface area contributed by atoms with Crippen LogP contribution in [0.1, 0.15) is 6.42 Å². The third kappa shape index (κ3) is 1.71. The minimum Gasteiger partial charge on any atom is -0.291 e. The van der Waals surface area contributed by atoms with Gasteiger partial charge in [-0.05, 0) is 12.0 Å². The maximum Gasteiger partial charge on any atom is 0.179 e. The fraction of sp³-hybridized carbons (Fsp3) is 0.750. The topological polar surface area (TPSA) is 73.2 Å². The Bertz CT molecular complexity index is 156. The predicted octanol–water partition coefficient (Wildman–Crippen LogP) is 0.644. The Morgan fingerprint density at radius 3 is 3.33 bits per heavy atom. The van der Waals surface area contributed by atoms with E-state index >= 15 is 0 Å². The molecule has 0 aromatic carbocycles. The maximum atomic E-state index is 7.96. The van der Waals surface area contributed by atoms with Crippen LogP contribution in [0.15, 0.2) is 10.1 Å². The summed E-state index contributed by atoms with van der Waals surface area (Å²) < 4.78 is 0. The lowest BCUT2D eigenvalue weighted by Gasteiger charge is -2.10. The maximum absolute atomic E-state index is 7.96. The number of azide groups is 1. The third-order valence-corrected chi connectivity index (χ3v) is 1.01. The second-order valence-electron chi connectivity index (χ2n) is 1.65. The van der Waals surface area contributed by atoms with E-state index in [0.29, 0.717) is 0 Å². The molecule has 1 unspecified atom stereocenters. The highest BCUT2D eigenvalue weighted by Gasteiger charge is 2.02. The molecule has 0 aliphatic carbocycles. The van der Waals surface area contributed by atoms with E-state index in [2.05, 4.69) is 20.3 Å². The monoisotopic (exact) mass is 125 g/mol. The van der Waals surface area contributed by atoms with E-state index < -0.39 is 0 Å². The summed E-state index contributed by atoms with van der Waals surface area (Å²) in [6.07, 6.45) is 2.30. The van der Waals surface area contributed by atoms with E-state index in [-0.39, 0.29) is 6.29 Å². The van der Waals surface area contributed by atoms with Crippen molar-refractivity contribution in [2.45, 2.75) is 12.7 Å². The van der Waals surface area contributed by atoms with Gasteiger partial charge in [-0.15, -0.1) is 0 Å². The van der Waals surface area contributed by atoms with Gasteiger partial charge in [-0.3, -0.25) is 10.3 Å². The average Bonchev–Trinajstić information content (AvgIpc) is 1.91. The summed E-state index contributed by atoms with van der Waals surface area (Å²) in [6, 6.07) is 0. The Hall–Kier alpha value is -1.06. The number of rotatable bonds is 1. The van der Waals surface area contributed by atoms with Crippen LogP contribution in [0.4, 0.5) is 0 Å². The van der Waals surface area contributed by atoms with Crippen molar-refractivity contribution in [2.24, 2.45) is 10.1 Å². The van der Waals surface area contributed by atoms with E-state index in [0.717, 1.165) is 13.0 Å². The van der Waals surface area contributed by atoms with Gasteiger partial charge in [-0.1, -0.05) is 5.11 Å². The van der Waals surface area contributed by atoms with Gasteiger partial charge in [-0.25, -0.2) is 0 Å². The highest BCUT2D eigenvalue weighted by molar-refractivity contribution is 5.58. The highest BCUT2D eigenvalue weighted by atomic mass is 15.3. The normalized spacial score (nSPS) is 25.1. The highest BCUT2D eigenvalue weighted by Crippen LogP contribution is 1.93. The molecule has 0 aromatic rings. The van der Waals surface area contributed by atoms with Crippen molar-refractivity contribution in [3.8, 4) is 0 Å².